The second kappa shape index (κ2) is 5.14. The van der Waals surface area contributed by atoms with E-state index < -0.39 is 11.9 Å². The van der Waals surface area contributed by atoms with Crippen LogP contribution in [0.3, 0.4) is 0 Å². The summed E-state index contributed by atoms with van der Waals surface area (Å²) in [5.41, 5.74) is 0.886. The van der Waals surface area contributed by atoms with Gasteiger partial charge in [0.15, 0.2) is 0 Å². The number of hydrogen-bond acceptors (Lipinski definition) is 3. The molecule has 1 heterocycles. The van der Waals surface area contributed by atoms with Gasteiger partial charge in [0, 0.05) is 31.4 Å². The zero-order valence-electron chi connectivity index (χ0n) is 10.5. The first-order valence-electron chi connectivity index (χ1n) is 5.96. The standard InChI is InChI=1S/C13H14FN3O2/c1-9-8-16(13(18)19)2-3-17(9)12-5-10(7-15)4-11(14)6-12/h4-6,9H,2-3,8H2,1H3,(H,18,19)/t9-/m0/s1. The first-order chi connectivity index (χ1) is 9.01. The quantitative estimate of drug-likeness (QED) is 0.840. The highest BCUT2D eigenvalue weighted by Gasteiger charge is 2.26. The van der Waals surface area contributed by atoms with Crippen LogP contribution in [-0.4, -0.2) is 41.8 Å². The van der Waals surface area contributed by atoms with Crippen molar-refractivity contribution in [3.8, 4) is 6.07 Å². The van der Waals surface area contributed by atoms with E-state index in [1.54, 1.807) is 6.07 Å². The number of carbonyl (C=O) groups is 1. The van der Waals surface area contributed by atoms with Gasteiger partial charge < -0.3 is 14.9 Å². The molecular formula is C13H14FN3O2. The number of piperazine rings is 1. The van der Waals surface area contributed by atoms with Gasteiger partial charge >= 0.3 is 6.09 Å². The SMILES string of the molecule is C[C@H]1CN(C(=O)O)CCN1c1cc(F)cc(C#N)c1. The number of rotatable bonds is 1. The predicted octanol–water partition coefficient (Wildman–Crippen LogP) is 1.89. The third-order valence-electron chi connectivity index (χ3n) is 3.24. The van der Waals surface area contributed by atoms with E-state index >= 15 is 0 Å². The van der Waals surface area contributed by atoms with Crippen LogP contribution in [-0.2, 0) is 0 Å². The maximum Gasteiger partial charge on any atom is 0.407 e. The van der Waals surface area contributed by atoms with E-state index in [-0.39, 0.29) is 11.6 Å². The molecule has 2 rings (SSSR count). The lowest BCUT2D eigenvalue weighted by atomic mass is 10.1. The summed E-state index contributed by atoms with van der Waals surface area (Å²) in [5, 5.41) is 17.8. The van der Waals surface area contributed by atoms with Crippen LogP contribution in [0.15, 0.2) is 18.2 Å². The van der Waals surface area contributed by atoms with Crippen LogP contribution < -0.4 is 4.90 Å². The van der Waals surface area contributed by atoms with Crippen molar-refractivity contribution in [2.75, 3.05) is 24.5 Å². The molecule has 1 aliphatic heterocycles. The lowest BCUT2D eigenvalue weighted by molar-refractivity contribution is 0.136. The molecule has 0 saturated carbocycles. The largest absolute Gasteiger partial charge is 0.465 e. The van der Waals surface area contributed by atoms with Crippen LogP contribution in [0.4, 0.5) is 14.9 Å². The number of hydrogen-bond donors (Lipinski definition) is 1. The van der Waals surface area contributed by atoms with Gasteiger partial charge in [-0.15, -0.1) is 0 Å². The van der Waals surface area contributed by atoms with Crippen molar-refractivity contribution >= 4 is 11.8 Å². The molecule has 0 spiro atoms. The summed E-state index contributed by atoms with van der Waals surface area (Å²) in [6.45, 7) is 3.11. The Morgan fingerprint density at radius 3 is 2.79 bits per heavy atom. The Bertz CT molecular complexity index is 541. The van der Waals surface area contributed by atoms with Crippen LogP contribution in [0.1, 0.15) is 12.5 Å². The first kappa shape index (κ1) is 13.1. The maximum atomic E-state index is 13.4. The Hall–Kier alpha value is -2.29. The van der Waals surface area contributed by atoms with E-state index in [9.17, 15) is 9.18 Å². The Kier molecular flexibility index (Phi) is 3.56. The summed E-state index contributed by atoms with van der Waals surface area (Å²) in [6.07, 6.45) is -0.941. The molecule has 0 unspecified atom stereocenters. The van der Waals surface area contributed by atoms with Gasteiger partial charge in [0.05, 0.1) is 11.6 Å². The molecule has 1 amide bonds. The van der Waals surface area contributed by atoms with Gasteiger partial charge in [-0.1, -0.05) is 0 Å². The molecule has 1 aromatic rings. The summed E-state index contributed by atoms with van der Waals surface area (Å²) in [4.78, 5) is 14.2. The molecule has 0 aliphatic carbocycles. The van der Waals surface area contributed by atoms with E-state index in [1.165, 1.54) is 17.0 Å². The third kappa shape index (κ3) is 2.76. The molecule has 19 heavy (non-hydrogen) atoms. The molecule has 1 atom stereocenters. The molecule has 1 aromatic carbocycles. The van der Waals surface area contributed by atoms with Gasteiger partial charge in [0.1, 0.15) is 5.82 Å². The number of anilines is 1. The Morgan fingerprint density at radius 2 is 2.21 bits per heavy atom. The van der Waals surface area contributed by atoms with Crippen molar-refractivity contribution in [3.05, 3.63) is 29.6 Å². The van der Waals surface area contributed by atoms with Gasteiger partial charge in [0.2, 0.25) is 0 Å². The molecule has 100 valence electrons. The van der Waals surface area contributed by atoms with Crippen molar-refractivity contribution in [3.63, 3.8) is 0 Å². The number of nitrogens with zero attached hydrogens (tertiary/aromatic N) is 3. The average Bonchev–Trinajstić information content (AvgIpc) is 2.37. The van der Waals surface area contributed by atoms with Crippen molar-refractivity contribution in [1.82, 2.24) is 4.90 Å². The fourth-order valence-electron chi connectivity index (χ4n) is 2.32. The molecule has 1 aliphatic rings. The summed E-state index contributed by atoms with van der Waals surface area (Å²) in [7, 11) is 0. The van der Waals surface area contributed by atoms with Gasteiger partial charge in [-0.3, -0.25) is 0 Å². The minimum atomic E-state index is -0.941. The van der Waals surface area contributed by atoms with Crippen molar-refractivity contribution in [2.45, 2.75) is 13.0 Å². The lowest BCUT2D eigenvalue weighted by Crippen LogP contribution is -2.53. The molecule has 6 heteroatoms. The highest BCUT2D eigenvalue weighted by Crippen LogP contribution is 2.23. The summed E-state index contributed by atoms with van der Waals surface area (Å²) >= 11 is 0. The van der Waals surface area contributed by atoms with Crippen molar-refractivity contribution < 1.29 is 14.3 Å². The van der Waals surface area contributed by atoms with Crippen LogP contribution >= 0.6 is 0 Å². The predicted molar refractivity (Wildman–Crippen MR) is 67.5 cm³/mol. The number of carboxylic acid groups (broad SMARTS) is 1. The monoisotopic (exact) mass is 263 g/mol. The highest BCUT2D eigenvalue weighted by atomic mass is 19.1. The Balaban J connectivity index is 2.22. The second-order valence-corrected chi connectivity index (χ2v) is 4.58. The van der Waals surface area contributed by atoms with Gasteiger partial charge in [-0.05, 0) is 25.1 Å². The minimum absolute atomic E-state index is 0.0572. The normalized spacial score (nSPS) is 19.1. The van der Waals surface area contributed by atoms with E-state index in [4.69, 9.17) is 10.4 Å². The minimum Gasteiger partial charge on any atom is -0.465 e. The topological polar surface area (TPSA) is 67.6 Å². The smallest absolute Gasteiger partial charge is 0.407 e. The zero-order chi connectivity index (χ0) is 14.0. The lowest BCUT2D eigenvalue weighted by Gasteiger charge is -2.40. The van der Waals surface area contributed by atoms with E-state index in [2.05, 4.69) is 0 Å². The number of benzene rings is 1. The van der Waals surface area contributed by atoms with Gasteiger partial charge in [-0.25, -0.2) is 9.18 Å². The fourth-order valence-corrected chi connectivity index (χ4v) is 2.32. The summed E-state index contributed by atoms with van der Waals surface area (Å²) in [6, 6.07) is 6.03. The van der Waals surface area contributed by atoms with E-state index in [1.807, 2.05) is 17.9 Å². The zero-order valence-corrected chi connectivity index (χ0v) is 10.5. The third-order valence-corrected chi connectivity index (χ3v) is 3.24. The number of amides is 1. The van der Waals surface area contributed by atoms with Crippen LogP contribution in [0, 0.1) is 17.1 Å². The van der Waals surface area contributed by atoms with Crippen LogP contribution in [0.2, 0.25) is 0 Å². The Labute approximate surface area is 110 Å². The first-order valence-corrected chi connectivity index (χ1v) is 5.96. The van der Waals surface area contributed by atoms with Crippen LogP contribution in [0.5, 0.6) is 0 Å². The molecule has 0 bridgehead atoms. The fraction of sp³-hybridized carbons (Fsp3) is 0.385. The van der Waals surface area contributed by atoms with E-state index in [0.717, 1.165) is 0 Å². The number of nitriles is 1. The molecule has 1 saturated heterocycles. The highest BCUT2D eigenvalue weighted by molar-refractivity contribution is 5.66. The molecule has 0 aromatic heterocycles. The molecule has 0 radical (unpaired) electrons. The molecular weight excluding hydrogens is 249 g/mol. The summed E-state index contributed by atoms with van der Waals surface area (Å²) in [5.74, 6) is -0.457. The van der Waals surface area contributed by atoms with Crippen LogP contribution in [0.25, 0.3) is 0 Å². The van der Waals surface area contributed by atoms with E-state index in [0.29, 0.717) is 25.3 Å². The van der Waals surface area contributed by atoms with Crippen molar-refractivity contribution in [1.29, 1.82) is 5.26 Å². The maximum absolute atomic E-state index is 13.4. The molecule has 5 nitrogen and oxygen atoms in total. The molecule has 1 fully saturated rings. The molecule has 1 N–H and O–H groups in total. The van der Waals surface area contributed by atoms with Gasteiger partial charge in [-0.2, -0.15) is 5.26 Å². The van der Waals surface area contributed by atoms with Crippen molar-refractivity contribution in [2.24, 2.45) is 0 Å². The second-order valence-electron chi connectivity index (χ2n) is 4.58. The summed E-state index contributed by atoms with van der Waals surface area (Å²) < 4.78 is 13.4. The van der Waals surface area contributed by atoms with Gasteiger partial charge in [0.25, 0.3) is 0 Å². The Morgan fingerprint density at radius 1 is 1.47 bits per heavy atom. The average molecular weight is 263 g/mol. The number of halogens is 1.